The molecule has 12 heavy (non-hydrogen) atoms. The summed E-state index contributed by atoms with van der Waals surface area (Å²) in [4.78, 5) is 22.0. The number of alkyl halides is 1. The number of halogens is 1. The Bertz CT molecular complexity index is 213. The highest BCUT2D eigenvalue weighted by Crippen LogP contribution is 2.28. The lowest BCUT2D eigenvalue weighted by molar-refractivity contribution is -0.307. The monoisotopic (exact) mass is 235 g/mol. The number of carboxylic acids is 1. The first-order chi connectivity index (χ1) is 5.10. The second-order valence-corrected chi connectivity index (χ2v) is 5.46. The van der Waals surface area contributed by atoms with E-state index in [4.69, 9.17) is 0 Å². The van der Waals surface area contributed by atoms with Crippen LogP contribution in [0.2, 0.25) is 0 Å². The van der Waals surface area contributed by atoms with Gasteiger partial charge in [0.15, 0.2) is 5.78 Å². The van der Waals surface area contributed by atoms with Crippen LogP contribution < -0.4 is 5.11 Å². The van der Waals surface area contributed by atoms with Gasteiger partial charge in [0.05, 0.1) is 5.97 Å². The molecule has 0 aromatic carbocycles. The summed E-state index contributed by atoms with van der Waals surface area (Å²) in [5.74, 6) is -1.79. The van der Waals surface area contributed by atoms with Crippen LogP contribution >= 0.6 is 15.9 Å². The fourth-order valence-corrected chi connectivity index (χ4v) is 1.39. The predicted octanol–water partition coefficient (Wildman–Crippen LogP) is 0.505. The molecule has 0 amide bonds. The Morgan fingerprint density at radius 2 is 1.50 bits per heavy atom. The van der Waals surface area contributed by atoms with E-state index in [9.17, 15) is 14.7 Å². The number of hydrogen-bond donors (Lipinski definition) is 0. The third-order valence-corrected chi connectivity index (χ3v) is 2.17. The molecule has 3 nitrogen and oxygen atoms in total. The largest absolute Gasteiger partial charge is 0.548 e. The zero-order valence-electron chi connectivity index (χ0n) is 7.60. The van der Waals surface area contributed by atoms with Gasteiger partial charge in [0, 0.05) is 5.41 Å². The Kier molecular flexibility index (Phi) is 3.07. The van der Waals surface area contributed by atoms with Crippen molar-refractivity contribution in [3.63, 3.8) is 0 Å². The summed E-state index contributed by atoms with van der Waals surface area (Å²) in [6, 6.07) is 0. The Hall–Kier alpha value is -0.380. The van der Waals surface area contributed by atoms with Crippen LogP contribution in [0.1, 0.15) is 27.7 Å². The minimum atomic E-state index is -1.58. The van der Waals surface area contributed by atoms with Crippen molar-refractivity contribution in [2.45, 2.75) is 32.0 Å². The highest BCUT2D eigenvalue weighted by molar-refractivity contribution is 9.10. The summed E-state index contributed by atoms with van der Waals surface area (Å²) in [5, 5.41) is 10.5. The lowest BCUT2D eigenvalue weighted by Gasteiger charge is -2.29. The van der Waals surface area contributed by atoms with E-state index >= 15 is 0 Å². The molecule has 0 spiro atoms. The highest BCUT2D eigenvalue weighted by Gasteiger charge is 2.38. The molecule has 0 fully saturated rings. The molecule has 0 saturated carbocycles. The van der Waals surface area contributed by atoms with Crippen LogP contribution in [-0.4, -0.2) is 16.1 Å². The van der Waals surface area contributed by atoms with Crippen molar-refractivity contribution in [2.75, 3.05) is 0 Å². The number of carbonyl (C=O) groups excluding carboxylic acids is 2. The van der Waals surface area contributed by atoms with Crippen LogP contribution in [0.3, 0.4) is 0 Å². The second-order valence-electron chi connectivity index (χ2n) is 3.87. The number of aliphatic carboxylic acids is 1. The maximum atomic E-state index is 11.5. The maximum Gasteiger partial charge on any atom is 0.160 e. The van der Waals surface area contributed by atoms with E-state index in [1.807, 2.05) is 0 Å². The summed E-state index contributed by atoms with van der Waals surface area (Å²) in [6.45, 7) is 6.28. The van der Waals surface area contributed by atoms with Crippen LogP contribution in [0.5, 0.6) is 0 Å². The molecule has 0 aliphatic rings. The number of ketones is 1. The lowest BCUT2D eigenvalue weighted by atomic mass is 9.84. The first kappa shape index (κ1) is 11.6. The quantitative estimate of drug-likeness (QED) is 0.518. The lowest BCUT2D eigenvalue weighted by Crippen LogP contribution is -2.51. The molecule has 0 aromatic heterocycles. The molecule has 4 heteroatoms. The molecule has 0 N–H and O–H groups in total. The Labute approximate surface area is 80.3 Å². The van der Waals surface area contributed by atoms with E-state index in [-0.39, 0.29) is 0 Å². The van der Waals surface area contributed by atoms with Gasteiger partial charge in [0.25, 0.3) is 0 Å². The number of Topliss-reactive ketones (excluding diaryl/α,β-unsaturated/α-hetero) is 1. The van der Waals surface area contributed by atoms with Crippen LogP contribution in [0, 0.1) is 5.41 Å². The van der Waals surface area contributed by atoms with Crippen LogP contribution in [-0.2, 0) is 9.59 Å². The summed E-state index contributed by atoms with van der Waals surface area (Å²) in [5.41, 5.74) is -0.682. The SMILES string of the molecule is CC(C)(C)C(=O)C(C)(Br)C(=O)[O-]. The Balaban J connectivity index is 4.83. The molecule has 0 radical (unpaired) electrons. The molecule has 0 bridgehead atoms. The molecular formula is C8H12BrO3-. The summed E-state index contributed by atoms with van der Waals surface area (Å²) in [6.07, 6.45) is 0. The molecule has 0 saturated heterocycles. The van der Waals surface area contributed by atoms with E-state index in [2.05, 4.69) is 15.9 Å². The first-order valence-electron chi connectivity index (χ1n) is 3.55. The summed E-state index contributed by atoms with van der Waals surface area (Å²) >= 11 is 2.84. The molecule has 70 valence electrons. The zero-order valence-corrected chi connectivity index (χ0v) is 9.19. The van der Waals surface area contributed by atoms with Crippen LogP contribution in [0.4, 0.5) is 0 Å². The normalized spacial score (nSPS) is 16.8. The molecule has 0 aromatic rings. The van der Waals surface area contributed by atoms with Crippen molar-refractivity contribution < 1.29 is 14.7 Å². The van der Waals surface area contributed by atoms with E-state index in [1.165, 1.54) is 6.92 Å². The minimum Gasteiger partial charge on any atom is -0.548 e. The Morgan fingerprint density at radius 1 is 1.17 bits per heavy atom. The molecule has 0 rings (SSSR count). The number of carboxylic acid groups (broad SMARTS) is 1. The van der Waals surface area contributed by atoms with Gasteiger partial charge in [0.1, 0.15) is 4.32 Å². The molecule has 0 aliphatic heterocycles. The first-order valence-corrected chi connectivity index (χ1v) is 4.34. The molecular weight excluding hydrogens is 224 g/mol. The number of hydrogen-bond acceptors (Lipinski definition) is 3. The third-order valence-electron chi connectivity index (χ3n) is 1.49. The molecule has 0 aliphatic carbocycles. The number of carbonyl (C=O) groups is 2. The van der Waals surface area contributed by atoms with Crippen molar-refractivity contribution in [2.24, 2.45) is 5.41 Å². The highest BCUT2D eigenvalue weighted by atomic mass is 79.9. The predicted molar refractivity (Wildman–Crippen MR) is 46.8 cm³/mol. The maximum absolute atomic E-state index is 11.5. The minimum absolute atomic E-state index is 0.394. The number of rotatable bonds is 2. The fourth-order valence-electron chi connectivity index (χ4n) is 0.797. The van der Waals surface area contributed by atoms with Crippen molar-refractivity contribution in [1.29, 1.82) is 0 Å². The van der Waals surface area contributed by atoms with E-state index in [1.54, 1.807) is 20.8 Å². The standard InChI is InChI=1S/C8H13BrO3/c1-7(2,3)5(10)8(4,9)6(11)12/h1-4H3,(H,11,12)/p-1. The average molecular weight is 236 g/mol. The van der Waals surface area contributed by atoms with Gasteiger partial charge in [-0.15, -0.1) is 0 Å². The van der Waals surface area contributed by atoms with E-state index in [0.29, 0.717) is 0 Å². The Morgan fingerprint density at radius 3 is 1.58 bits per heavy atom. The van der Waals surface area contributed by atoms with Crippen molar-refractivity contribution >= 4 is 27.7 Å². The molecule has 0 heterocycles. The summed E-state index contributed by atoms with van der Waals surface area (Å²) in [7, 11) is 0. The zero-order chi connectivity index (χ0) is 10.2. The van der Waals surface area contributed by atoms with Gasteiger partial charge in [0.2, 0.25) is 0 Å². The van der Waals surface area contributed by atoms with Gasteiger partial charge < -0.3 is 9.90 Å². The van der Waals surface area contributed by atoms with Gasteiger partial charge in [-0.3, -0.25) is 4.79 Å². The fraction of sp³-hybridized carbons (Fsp3) is 0.750. The topological polar surface area (TPSA) is 57.2 Å². The molecule has 1 unspecified atom stereocenters. The average Bonchev–Trinajstić information content (AvgIpc) is 1.83. The molecule has 1 atom stereocenters. The van der Waals surface area contributed by atoms with E-state index < -0.39 is 21.5 Å². The van der Waals surface area contributed by atoms with Gasteiger partial charge in [-0.1, -0.05) is 36.7 Å². The summed E-state index contributed by atoms with van der Waals surface area (Å²) < 4.78 is -1.58. The van der Waals surface area contributed by atoms with Gasteiger partial charge >= 0.3 is 0 Å². The van der Waals surface area contributed by atoms with Gasteiger partial charge in [-0.25, -0.2) is 0 Å². The van der Waals surface area contributed by atoms with Crippen LogP contribution in [0.25, 0.3) is 0 Å². The van der Waals surface area contributed by atoms with Crippen molar-refractivity contribution in [3.05, 3.63) is 0 Å². The third kappa shape index (κ3) is 2.30. The smallest absolute Gasteiger partial charge is 0.160 e. The van der Waals surface area contributed by atoms with Crippen molar-refractivity contribution in [3.8, 4) is 0 Å². The van der Waals surface area contributed by atoms with Crippen molar-refractivity contribution in [1.82, 2.24) is 0 Å². The van der Waals surface area contributed by atoms with Crippen LogP contribution in [0.15, 0.2) is 0 Å². The van der Waals surface area contributed by atoms with E-state index in [0.717, 1.165) is 0 Å². The van der Waals surface area contributed by atoms with Gasteiger partial charge in [-0.2, -0.15) is 0 Å². The second kappa shape index (κ2) is 3.17. The van der Waals surface area contributed by atoms with Gasteiger partial charge in [-0.05, 0) is 6.92 Å².